The van der Waals surface area contributed by atoms with Crippen LogP contribution >= 0.6 is 0 Å². The monoisotopic (exact) mass is 356 g/mol. The normalized spacial score (nSPS) is 10.1. The Morgan fingerprint density at radius 1 is 0.846 bits per heavy atom. The van der Waals surface area contributed by atoms with Gasteiger partial charge in [-0.15, -0.1) is 0 Å². The predicted octanol–water partition coefficient (Wildman–Crippen LogP) is 3.84. The van der Waals surface area contributed by atoms with Crippen molar-refractivity contribution in [1.82, 2.24) is 0 Å². The number of nitrogens with one attached hydrogen (secondary N) is 2. The van der Waals surface area contributed by atoms with Crippen molar-refractivity contribution in [3.8, 4) is 11.5 Å². The molecule has 2 amide bonds. The summed E-state index contributed by atoms with van der Waals surface area (Å²) in [5, 5.41) is 5.50. The maximum absolute atomic E-state index is 12.0. The summed E-state index contributed by atoms with van der Waals surface area (Å²) in [4.78, 5) is 22.9. The molecule has 138 valence electrons. The second-order valence-corrected chi connectivity index (χ2v) is 5.66. The number of carbonyl (C=O) groups excluding carboxylic acids is 2. The van der Waals surface area contributed by atoms with Crippen molar-refractivity contribution in [3.05, 3.63) is 48.5 Å². The molecule has 0 radical (unpaired) electrons. The standard InChI is InChI=1S/C20H24N2O4/c1-3-25-18-10-12-19(13-11-18)26-14-4-5-20(24)22-17-8-6-16(7-9-17)21-15(2)23/h6-13H,3-5,14H2,1-2H3,(H,21,23)(H,22,24). The summed E-state index contributed by atoms with van der Waals surface area (Å²) < 4.78 is 11.0. The molecule has 2 rings (SSSR count). The highest BCUT2D eigenvalue weighted by atomic mass is 16.5. The summed E-state index contributed by atoms with van der Waals surface area (Å²) in [6.45, 7) is 4.48. The first-order valence-corrected chi connectivity index (χ1v) is 8.60. The van der Waals surface area contributed by atoms with Crippen molar-refractivity contribution < 1.29 is 19.1 Å². The van der Waals surface area contributed by atoms with Gasteiger partial charge in [0, 0.05) is 24.7 Å². The number of anilines is 2. The fourth-order valence-corrected chi connectivity index (χ4v) is 2.29. The van der Waals surface area contributed by atoms with Crippen molar-refractivity contribution in [3.63, 3.8) is 0 Å². The molecule has 0 bridgehead atoms. The van der Waals surface area contributed by atoms with Crippen LogP contribution in [-0.2, 0) is 9.59 Å². The van der Waals surface area contributed by atoms with Gasteiger partial charge in [0.05, 0.1) is 13.2 Å². The average Bonchev–Trinajstić information content (AvgIpc) is 2.62. The topological polar surface area (TPSA) is 76.7 Å². The molecular formula is C20H24N2O4. The number of carbonyl (C=O) groups is 2. The lowest BCUT2D eigenvalue weighted by atomic mass is 10.2. The number of ether oxygens (including phenoxy) is 2. The molecule has 2 aromatic carbocycles. The molecule has 0 unspecified atom stereocenters. The highest BCUT2D eigenvalue weighted by molar-refractivity contribution is 5.92. The van der Waals surface area contributed by atoms with Crippen LogP contribution in [0, 0.1) is 0 Å². The van der Waals surface area contributed by atoms with Crippen molar-refractivity contribution >= 4 is 23.2 Å². The Hall–Kier alpha value is -3.02. The van der Waals surface area contributed by atoms with Crippen LogP contribution in [0.4, 0.5) is 11.4 Å². The van der Waals surface area contributed by atoms with E-state index in [1.165, 1.54) is 6.92 Å². The summed E-state index contributed by atoms with van der Waals surface area (Å²) in [5.41, 5.74) is 1.38. The van der Waals surface area contributed by atoms with Gasteiger partial charge in [-0.1, -0.05) is 0 Å². The van der Waals surface area contributed by atoms with Gasteiger partial charge >= 0.3 is 0 Å². The molecule has 2 aromatic rings. The molecule has 0 aliphatic heterocycles. The molecular weight excluding hydrogens is 332 g/mol. The average molecular weight is 356 g/mol. The zero-order valence-corrected chi connectivity index (χ0v) is 15.1. The van der Waals surface area contributed by atoms with E-state index in [1.807, 2.05) is 31.2 Å². The minimum atomic E-state index is -0.130. The Morgan fingerprint density at radius 3 is 1.92 bits per heavy atom. The number of hydrogen-bond acceptors (Lipinski definition) is 4. The summed E-state index contributed by atoms with van der Waals surface area (Å²) >= 11 is 0. The van der Waals surface area contributed by atoms with E-state index in [0.717, 1.165) is 11.5 Å². The van der Waals surface area contributed by atoms with E-state index in [-0.39, 0.29) is 11.8 Å². The van der Waals surface area contributed by atoms with Gasteiger partial charge in [0.15, 0.2) is 0 Å². The first kappa shape index (κ1) is 19.3. The summed E-state index contributed by atoms with van der Waals surface area (Å²) in [6.07, 6.45) is 0.980. The van der Waals surface area contributed by atoms with Crippen LogP contribution < -0.4 is 20.1 Å². The number of rotatable bonds is 9. The van der Waals surface area contributed by atoms with Gasteiger partial charge in [-0.25, -0.2) is 0 Å². The van der Waals surface area contributed by atoms with E-state index in [1.54, 1.807) is 24.3 Å². The maximum Gasteiger partial charge on any atom is 0.224 e. The van der Waals surface area contributed by atoms with Gasteiger partial charge in [0.2, 0.25) is 11.8 Å². The Bertz CT molecular complexity index is 712. The molecule has 0 saturated carbocycles. The number of amides is 2. The quantitative estimate of drug-likeness (QED) is 0.669. The molecule has 26 heavy (non-hydrogen) atoms. The molecule has 0 aliphatic carbocycles. The molecule has 6 heteroatoms. The molecule has 0 fully saturated rings. The highest BCUT2D eigenvalue weighted by Gasteiger charge is 2.04. The van der Waals surface area contributed by atoms with Gasteiger partial charge in [-0.2, -0.15) is 0 Å². The van der Waals surface area contributed by atoms with E-state index in [9.17, 15) is 9.59 Å². The van der Waals surface area contributed by atoms with Crippen molar-refractivity contribution in [2.45, 2.75) is 26.7 Å². The van der Waals surface area contributed by atoms with Crippen LogP contribution in [0.25, 0.3) is 0 Å². The third-order valence-electron chi connectivity index (χ3n) is 3.44. The number of benzene rings is 2. The fourth-order valence-electron chi connectivity index (χ4n) is 2.29. The third-order valence-corrected chi connectivity index (χ3v) is 3.44. The minimum absolute atomic E-state index is 0.0763. The van der Waals surface area contributed by atoms with E-state index < -0.39 is 0 Å². The Morgan fingerprint density at radius 2 is 1.38 bits per heavy atom. The zero-order chi connectivity index (χ0) is 18.8. The third kappa shape index (κ3) is 6.84. The SMILES string of the molecule is CCOc1ccc(OCCCC(=O)Nc2ccc(NC(C)=O)cc2)cc1. The van der Waals surface area contributed by atoms with Gasteiger partial charge in [0.25, 0.3) is 0 Å². The van der Waals surface area contributed by atoms with Gasteiger partial charge in [0.1, 0.15) is 11.5 Å². The summed E-state index contributed by atoms with van der Waals surface area (Å²) in [5.74, 6) is 1.35. The lowest BCUT2D eigenvalue weighted by molar-refractivity contribution is -0.116. The van der Waals surface area contributed by atoms with E-state index in [2.05, 4.69) is 10.6 Å². The van der Waals surface area contributed by atoms with E-state index >= 15 is 0 Å². The lowest BCUT2D eigenvalue weighted by Gasteiger charge is -2.09. The molecule has 0 atom stereocenters. The minimum Gasteiger partial charge on any atom is -0.494 e. The molecule has 2 N–H and O–H groups in total. The molecule has 0 spiro atoms. The Kier molecular flexibility index (Phi) is 7.49. The molecule has 0 heterocycles. The van der Waals surface area contributed by atoms with Gasteiger partial charge in [-0.3, -0.25) is 9.59 Å². The van der Waals surface area contributed by atoms with Crippen molar-refractivity contribution in [1.29, 1.82) is 0 Å². The molecule has 0 aliphatic rings. The summed E-state index contributed by atoms with van der Waals surface area (Å²) in [7, 11) is 0. The largest absolute Gasteiger partial charge is 0.494 e. The first-order valence-electron chi connectivity index (χ1n) is 8.60. The zero-order valence-electron chi connectivity index (χ0n) is 15.1. The van der Waals surface area contributed by atoms with Crippen LogP contribution in [0.15, 0.2) is 48.5 Å². The lowest BCUT2D eigenvalue weighted by Crippen LogP contribution is -2.13. The fraction of sp³-hybridized carbons (Fsp3) is 0.300. The molecule has 0 aromatic heterocycles. The Labute approximate surface area is 153 Å². The Balaban J connectivity index is 1.67. The second kappa shape index (κ2) is 10.1. The van der Waals surface area contributed by atoms with E-state index in [0.29, 0.717) is 37.4 Å². The number of hydrogen-bond donors (Lipinski definition) is 2. The molecule has 6 nitrogen and oxygen atoms in total. The van der Waals surface area contributed by atoms with Gasteiger partial charge in [-0.05, 0) is 61.9 Å². The van der Waals surface area contributed by atoms with Crippen LogP contribution in [0.2, 0.25) is 0 Å². The second-order valence-electron chi connectivity index (χ2n) is 5.66. The van der Waals surface area contributed by atoms with Crippen LogP contribution in [0.1, 0.15) is 26.7 Å². The summed E-state index contributed by atoms with van der Waals surface area (Å²) in [6, 6.07) is 14.4. The van der Waals surface area contributed by atoms with Crippen LogP contribution in [-0.4, -0.2) is 25.0 Å². The maximum atomic E-state index is 12.0. The van der Waals surface area contributed by atoms with Crippen LogP contribution in [0.3, 0.4) is 0 Å². The first-order chi connectivity index (χ1) is 12.6. The van der Waals surface area contributed by atoms with Crippen molar-refractivity contribution in [2.75, 3.05) is 23.8 Å². The predicted molar refractivity (Wildman–Crippen MR) is 102 cm³/mol. The van der Waals surface area contributed by atoms with Crippen LogP contribution in [0.5, 0.6) is 11.5 Å². The van der Waals surface area contributed by atoms with Gasteiger partial charge < -0.3 is 20.1 Å². The van der Waals surface area contributed by atoms with Crippen molar-refractivity contribution in [2.24, 2.45) is 0 Å². The highest BCUT2D eigenvalue weighted by Crippen LogP contribution is 2.18. The van der Waals surface area contributed by atoms with E-state index in [4.69, 9.17) is 9.47 Å². The smallest absolute Gasteiger partial charge is 0.224 e. The molecule has 0 saturated heterocycles.